The fourth-order valence-electron chi connectivity index (χ4n) is 6.01. The molecule has 0 bridgehead atoms. The van der Waals surface area contributed by atoms with Gasteiger partial charge in [0.05, 0.1) is 24.5 Å². The van der Waals surface area contributed by atoms with Crippen molar-refractivity contribution in [2.75, 3.05) is 26.3 Å². The van der Waals surface area contributed by atoms with Crippen molar-refractivity contribution < 1.29 is 33.8 Å². The Morgan fingerprint density at radius 2 is 1.53 bits per heavy atom. The van der Waals surface area contributed by atoms with E-state index in [1.807, 2.05) is 103 Å². The fourth-order valence-corrected chi connectivity index (χ4v) is 6.01. The van der Waals surface area contributed by atoms with Crippen molar-refractivity contribution in [3.8, 4) is 0 Å². The Kier molecular flexibility index (Phi) is 16.7. The second-order valence-corrected chi connectivity index (χ2v) is 12.9. The Labute approximate surface area is 301 Å². The van der Waals surface area contributed by atoms with Crippen molar-refractivity contribution in [1.82, 2.24) is 15.5 Å². The van der Waals surface area contributed by atoms with Crippen LogP contribution in [0.3, 0.4) is 0 Å². The highest BCUT2D eigenvalue weighted by Crippen LogP contribution is 2.20. The third kappa shape index (κ3) is 14.4. The lowest BCUT2D eigenvalue weighted by Gasteiger charge is -2.26. The Bertz CT molecular complexity index is 1520. The van der Waals surface area contributed by atoms with Gasteiger partial charge in [0.25, 0.3) is 0 Å². The summed E-state index contributed by atoms with van der Waals surface area (Å²) in [5.41, 5.74) is 2.88. The molecule has 0 saturated carbocycles. The summed E-state index contributed by atoms with van der Waals surface area (Å²) in [4.78, 5) is 54.5. The quantitative estimate of drug-likeness (QED) is 0.105. The number of aliphatic hydroxyl groups is 1. The lowest BCUT2D eigenvalue weighted by atomic mass is 9.94. The number of nitrogens with zero attached hydrogens (tertiary/aromatic N) is 1. The molecule has 0 spiro atoms. The second kappa shape index (κ2) is 22.0. The summed E-state index contributed by atoms with van der Waals surface area (Å²) >= 11 is 0. The monoisotopic (exact) mass is 697 g/mol. The highest BCUT2D eigenvalue weighted by molar-refractivity contribution is 5.86. The summed E-state index contributed by atoms with van der Waals surface area (Å²) in [6, 6.07) is 28.3. The van der Waals surface area contributed by atoms with E-state index in [0.29, 0.717) is 58.0 Å². The molecule has 0 saturated heterocycles. The van der Waals surface area contributed by atoms with E-state index < -0.39 is 18.1 Å². The number of nitrogens with one attached hydrogen (secondary N) is 2. The maximum atomic E-state index is 13.8. The zero-order valence-corrected chi connectivity index (χ0v) is 29.3. The van der Waals surface area contributed by atoms with Crippen molar-refractivity contribution in [2.24, 2.45) is 11.8 Å². The molecule has 3 aromatic rings. The van der Waals surface area contributed by atoms with Crippen LogP contribution in [0.1, 0.15) is 61.6 Å². The van der Waals surface area contributed by atoms with Gasteiger partial charge in [0, 0.05) is 26.1 Å². The van der Waals surface area contributed by atoms with Crippen LogP contribution in [-0.2, 0) is 43.4 Å². The molecule has 3 N–H and O–H groups in total. The van der Waals surface area contributed by atoms with Crippen molar-refractivity contribution in [2.45, 2.75) is 70.6 Å². The van der Waals surface area contributed by atoms with E-state index in [1.54, 1.807) is 4.90 Å². The van der Waals surface area contributed by atoms with E-state index in [0.717, 1.165) is 16.7 Å². The molecule has 0 aromatic heterocycles. The number of carbonyl (C=O) groups excluding carboxylic acids is 4. The number of allylic oxidation sites excluding steroid dienone is 2. The molecule has 272 valence electrons. The van der Waals surface area contributed by atoms with Gasteiger partial charge in [-0.3, -0.25) is 14.4 Å². The SMILES string of the molecule is O=C(NCCCC[C@H]1COC(=O)[C@@H](Cc2ccccc2)CCC=CC[C@H](CC(=O)N(CCO)Cc2ccccc2)C(=O)N1)OCc1ccccc1. The molecule has 0 fully saturated rings. The molecule has 4 rings (SSSR count). The maximum Gasteiger partial charge on any atom is 0.407 e. The van der Waals surface area contributed by atoms with Crippen LogP contribution in [0.4, 0.5) is 4.79 Å². The molecule has 51 heavy (non-hydrogen) atoms. The predicted octanol–water partition coefficient (Wildman–Crippen LogP) is 5.74. The van der Waals surface area contributed by atoms with E-state index in [4.69, 9.17) is 9.47 Å². The minimum atomic E-state index is -0.647. The minimum Gasteiger partial charge on any atom is -0.463 e. The zero-order chi connectivity index (χ0) is 36.1. The first-order valence-electron chi connectivity index (χ1n) is 17.9. The number of hydrogen-bond donors (Lipinski definition) is 3. The maximum absolute atomic E-state index is 13.8. The Morgan fingerprint density at radius 3 is 2.22 bits per heavy atom. The number of benzene rings is 3. The number of cyclic esters (lactones) is 1. The third-order valence-corrected chi connectivity index (χ3v) is 8.89. The van der Waals surface area contributed by atoms with E-state index in [9.17, 15) is 24.3 Å². The van der Waals surface area contributed by atoms with Gasteiger partial charge in [0.1, 0.15) is 13.2 Å². The highest BCUT2D eigenvalue weighted by atomic mass is 16.5. The van der Waals surface area contributed by atoms with Crippen LogP contribution in [-0.4, -0.2) is 66.2 Å². The smallest absolute Gasteiger partial charge is 0.407 e. The van der Waals surface area contributed by atoms with Crippen LogP contribution in [0.25, 0.3) is 0 Å². The standard InChI is InChI=1S/C41H51N3O7/c45-26-25-44(29-33-17-7-2-8-18-33)38(46)28-35-21-11-4-12-22-36(27-32-15-5-1-6-16-32)40(48)50-31-37(43-39(35)47)23-13-14-24-42-41(49)51-30-34-19-9-3-10-20-34/h1-11,15-20,35-37,45H,12-14,21-31H2,(H,42,49)(H,43,47)/t35-,36-,37+/m1/s1. The second-order valence-electron chi connectivity index (χ2n) is 12.9. The van der Waals surface area contributed by atoms with Crippen LogP contribution in [0.15, 0.2) is 103 Å². The minimum absolute atomic E-state index is 0.00114. The van der Waals surface area contributed by atoms with Gasteiger partial charge in [-0.2, -0.15) is 0 Å². The number of hydrogen-bond acceptors (Lipinski definition) is 7. The molecule has 0 unspecified atom stereocenters. The molecule has 10 nitrogen and oxygen atoms in total. The summed E-state index contributed by atoms with van der Waals surface area (Å²) in [5, 5.41) is 15.5. The summed E-state index contributed by atoms with van der Waals surface area (Å²) in [7, 11) is 0. The van der Waals surface area contributed by atoms with Gasteiger partial charge >= 0.3 is 12.1 Å². The molecule has 1 aliphatic heterocycles. The number of carbonyl (C=O) groups is 4. The highest BCUT2D eigenvalue weighted by Gasteiger charge is 2.28. The summed E-state index contributed by atoms with van der Waals surface area (Å²) in [5.74, 6) is -1.81. The van der Waals surface area contributed by atoms with Gasteiger partial charge in [-0.25, -0.2) is 4.79 Å². The predicted molar refractivity (Wildman–Crippen MR) is 195 cm³/mol. The van der Waals surface area contributed by atoms with Crippen LogP contribution >= 0.6 is 0 Å². The van der Waals surface area contributed by atoms with Gasteiger partial charge in [-0.1, -0.05) is 103 Å². The first kappa shape index (κ1) is 38.8. The Morgan fingerprint density at radius 1 is 0.863 bits per heavy atom. The van der Waals surface area contributed by atoms with E-state index in [2.05, 4.69) is 10.6 Å². The number of esters is 1. The van der Waals surface area contributed by atoms with E-state index >= 15 is 0 Å². The van der Waals surface area contributed by atoms with Crippen LogP contribution in [0.5, 0.6) is 0 Å². The molecule has 1 aliphatic rings. The van der Waals surface area contributed by atoms with Crippen molar-refractivity contribution in [3.05, 3.63) is 120 Å². The molecule has 3 amide bonds. The van der Waals surface area contributed by atoms with Gasteiger partial charge in [0.15, 0.2) is 0 Å². The number of rotatable bonds is 15. The van der Waals surface area contributed by atoms with E-state index in [1.165, 1.54) is 0 Å². The van der Waals surface area contributed by atoms with Crippen LogP contribution in [0.2, 0.25) is 0 Å². The van der Waals surface area contributed by atoms with Gasteiger partial charge < -0.3 is 30.1 Å². The average Bonchev–Trinajstić information content (AvgIpc) is 3.16. The van der Waals surface area contributed by atoms with Crippen molar-refractivity contribution in [1.29, 1.82) is 0 Å². The summed E-state index contributed by atoms with van der Waals surface area (Å²) in [6.45, 7) is 0.873. The van der Waals surface area contributed by atoms with Gasteiger partial charge in [-0.05, 0) is 61.6 Å². The first-order chi connectivity index (χ1) is 24.9. The number of ether oxygens (including phenoxy) is 2. The molecular weight excluding hydrogens is 646 g/mol. The number of aliphatic hydroxyl groups excluding tert-OH is 1. The molecular formula is C41H51N3O7. The largest absolute Gasteiger partial charge is 0.463 e. The molecule has 3 aromatic carbocycles. The van der Waals surface area contributed by atoms with Gasteiger partial charge in [-0.15, -0.1) is 0 Å². The van der Waals surface area contributed by atoms with Crippen LogP contribution < -0.4 is 10.6 Å². The molecule has 3 atom stereocenters. The third-order valence-electron chi connectivity index (χ3n) is 8.89. The average molecular weight is 698 g/mol. The first-order valence-corrected chi connectivity index (χ1v) is 17.9. The summed E-state index contributed by atoms with van der Waals surface area (Å²) < 4.78 is 11.1. The van der Waals surface area contributed by atoms with Crippen molar-refractivity contribution >= 4 is 23.9 Å². The fraction of sp³-hybridized carbons (Fsp3) is 0.415. The number of alkyl carbamates (subject to hydrolysis) is 1. The Balaban J connectivity index is 1.39. The zero-order valence-electron chi connectivity index (χ0n) is 29.3. The summed E-state index contributed by atoms with van der Waals surface area (Å²) in [6.07, 6.45) is 7.26. The topological polar surface area (TPSA) is 134 Å². The number of amides is 3. The number of unbranched alkanes of at least 4 members (excludes halogenated alkanes) is 1. The molecule has 0 aliphatic carbocycles. The lowest BCUT2D eigenvalue weighted by Crippen LogP contribution is -2.44. The van der Waals surface area contributed by atoms with Crippen LogP contribution in [0, 0.1) is 11.8 Å². The normalized spacial score (nSPS) is 18.3. The lowest BCUT2D eigenvalue weighted by molar-refractivity contribution is -0.150. The Hall–Kier alpha value is -4.96. The van der Waals surface area contributed by atoms with E-state index in [-0.39, 0.29) is 56.5 Å². The molecule has 1 heterocycles. The molecule has 10 heteroatoms. The molecule has 0 radical (unpaired) electrons. The van der Waals surface area contributed by atoms with Gasteiger partial charge in [0.2, 0.25) is 11.8 Å². The van der Waals surface area contributed by atoms with Crippen molar-refractivity contribution in [3.63, 3.8) is 0 Å².